The van der Waals surface area contributed by atoms with Crippen LogP contribution in [0.2, 0.25) is 0 Å². The number of hydrogen-bond donors (Lipinski definition) is 1. The topological polar surface area (TPSA) is 57.6 Å². The molecule has 0 spiro atoms. The maximum Gasteiger partial charge on any atom is 0.303 e. The smallest absolute Gasteiger partial charge is 0.303 e. The zero-order chi connectivity index (χ0) is 38.9. The number of aliphatic carboxylic acids is 1. The lowest BCUT2D eigenvalue weighted by Gasteiger charge is -2.27. The summed E-state index contributed by atoms with van der Waals surface area (Å²) in [5.41, 5.74) is 0. The molecule has 308 valence electrons. The van der Waals surface area contributed by atoms with E-state index >= 15 is 0 Å². The number of carboxylic acids is 1. The lowest BCUT2D eigenvalue weighted by atomic mass is 9.81. The summed E-state index contributed by atoms with van der Waals surface area (Å²) in [5.74, 6) is 6.33. The fourth-order valence-electron chi connectivity index (χ4n) is 7.58. The van der Waals surface area contributed by atoms with Crippen LogP contribution in [0.1, 0.15) is 265 Å². The molecule has 0 fully saturated rings. The van der Waals surface area contributed by atoms with Gasteiger partial charge in [0.1, 0.15) is 0 Å². The second-order valence-electron chi connectivity index (χ2n) is 16.1. The molecule has 0 aliphatic rings. The number of hydrogen-bond acceptors (Lipinski definition) is 2. The van der Waals surface area contributed by atoms with E-state index < -0.39 is 5.97 Å². The highest BCUT2D eigenvalue weighted by atomic mass is 16.4. The molecule has 0 rings (SSSR count). The van der Waals surface area contributed by atoms with Gasteiger partial charge in [0.25, 0.3) is 0 Å². The Morgan fingerprint density at radius 1 is 0.453 bits per heavy atom. The van der Waals surface area contributed by atoms with Crippen molar-refractivity contribution in [2.24, 2.45) is 11.8 Å². The van der Waals surface area contributed by atoms with Gasteiger partial charge in [0.15, 0.2) is 0 Å². The van der Waals surface area contributed by atoms with Crippen LogP contribution < -0.4 is 0 Å². The number of amides is 1. The Labute approximate surface area is 331 Å². The highest BCUT2D eigenvalue weighted by Crippen LogP contribution is 2.30. The lowest BCUT2D eigenvalue weighted by molar-refractivity contribution is -0.137. The lowest BCUT2D eigenvalue weighted by Crippen LogP contribution is -2.34. The molecule has 0 aromatic heterocycles. The van der Waals surface area contributed by atoms with Crippen molar-refractivity contribution in [2.75, 3.05) is 0 Å². The Morgan fingerprint density at radius 2 is 0.792 bits per heavy atom. The fourth-order valence-corrected chi connectivity index (χ4v) is 7.58. The van der Waals surface area contributed by atoms with Gasteiger partial charge in [-0.05, 0) is 38.0 Å². The van der Waals surface area contributed by atoms with Crippen LogP contribution in [0, 0.1) is 35.8 Å². The Kier molecular flexibility index (Phi) is 39.7. The molecule has 0 aromatic carbocycles. The van der Waals surface area contributed by atoms with Crippen LogP contribution in [0.4, 0.5) is 0 Å². The average molecular weight is 740 g/mol. The van der Waals surface area contributed by atoms with Crippen molar-refractivity contribution in [3.63, 3.8) is 0 Å². The molecule has 53 heavy (non-hydrogen) atoms. The van der Waals surface area contributed by atoms with Crippen LogP contribution in [-0.4, -0.2) is 21.9 Å². The third-order valence-corrected chi connectivity index (χ3v) is 11.2. The van der Waals surface area contributed by atoms with Gasteiger partial charge in [0, 0.05) is 37.3 Å². The van der Waals surface area contributed by atoms with Gasteiger partial charge in [-0.1, -0.05) is 226 Å². The SMILES string of the molecule is CCCCCCCCC#CN(C#CCCCCCCCC)C(=O)C(CCCCCCC(=O)O)C(CC)CCCCCCCCCCCCCCCCC. The number of carbonyl (C=O) groups excluding carboxylic acids is 1. The van der Waals surface area contributed by atoms with Gasteiger partial charge in [-0.15, -0.1) is 0 Å². The summed E-state index contributed by atoms with van der Waals surface area (Å²) in [5, 5.41) is 9.06. The third-order valence-electron chi connectivity index (χ3n) is 11.2. The molecule has 0 aromatic rings. The third kappa shape index (κ3) is 34.3. The van der Waals surface area contributed by atoms with Gasteiger partial charge in [-0.25, -0.2) is 0 Å². The second-order valence-corrected chi connectivity index (χ2v) is 16.1. The quantitative estimate of drug-likeness (QED) is 0.0390. The van der Waals surface area contributed by atoms with Crippen LogP contribution in [-0.2, 0) is 9.59 Å². The van der Waals surface area contributed by atoms with E-state index in [9.17, 15) is 9.59 Å². The predicted octanol–water partition coefficient (Wildman–Crippen LogP) is 15.6. The van der Waals surface area contributed by atoms with E-state index in [-0.39, 0.29) is 18.2 Å². The zero-order valence-electron chi connectivity index (χ0n) is 36.0. The number of nitrogens with zero attached hydrogens (tertiary/aromatic N) is 1. The highest BCUT2D eigenvalue weighted by molar-refractivity contribution is 5.82. The van der Waals surface area contributed by atoms with Crippen LogP contribution in [0.5, 0.6) is 0 Å². The molecule has 2 unspecified atom stereocenters. The summed E-state index contributed by atoms with van der Waals surface area (Å²) >= 11 is 0. The molecule has 4 heteroatoms. The molecule has 2 atom stereocenters. The largest absolute Gasteiger partial charge is 0.481 e. The molecule has 0 heterocycles. The first-order valence-electron chi connectivity index (χ1n) is 23.5. The number of rotatable bonds is 38. The maximum atomic E-state index is 14.3. The van der Waals surface area contributed by atoms with Crippen LogP contribution in [0.3, 0.4) is 0 Å². The Morgan fingerprint density at radius 3 is 1.17 bits per heavy atom. The Hall–Kier alpha value is -1.94. The number of unbranched alkanes of at least 4 members (excludes halogenated alkanes) is 29. The molecule has 0 radical (unpaired) electrons. The molecule has 0 bridgehead atoms. The molecule has 0 aliphatic heterocycles. The minimum Gasteiger partial charge on any atom is -0.481 e. The summed E-state index contributed by atoms with van der Waals surface area (Å²) in [6.45, 7) is 9.04. The van der Waals surface area contributed by atoms with Gasteiger partial charge in [0.2, 0.25) is 5.91 Å². The highest BCUT2D eigenvalue weighted by Gasteiger charge is 2.29. The van der Waals surface area contributed by atoms with Crippen molar-refractivity contribution in [2.45, 2.75) is 265 Å². The summed E-state index contributed by atoms with van der Waals surface area (Å²) in [7, 11) is 0. The van der Waals surface area contributed by atoms with Gasteiger partial charge in [-0.3, -0.25) is 9.59 Å². The predicted molar refractivity (Wildman–Crippen MR) is 231 cm³/mol. The number of carbonyl (C=O) groups is 2. The Balaban J connectivity index is 5.21. The molecule has 0 saturated carbocycles. The molecule has 4 nitrogen and oxygen atoms in total. The molecule has 1 amide bonds. The second kappa shape index (κ2) is 41.2. The van der Waals surface area contributed by atoms with Crippen molar-refractivity contribution < 1.29 is 14.7 Å². The van der Waals surface area contributed by atoms with E-state index in [2.05, 4.69) is 51.6 Å². The minimum atomic E-state index is -0.720. The van der Waals surface area contributed by atoms with E-state index in [4.69, 9.17) is 5.11 Å². The van der Waals surface area contributed by atoms with Crippen LogP contribution >= 0.6 is 0 Å². The van der Waals surface area contributed by atoms with Gasteiger partial charge in [0.05, 0.1) is 0 Å². The van der Waals surface area contributed by atoms with Crippen molar-refractivity contribution >= 4 is 11.9 Å². The summed E-state index contributed by atoms with van der Waals surface area (Å²) < 4.78 is 0. The summed E-state index contributed by atoms with van der Waals surface area (Å²) in [6, 6.07) is 6.48. The summed E-state index contributed by atoms with van der Waals surface area (Å²) in [6.07, 6.45) is 43.7. The van der Waals surface area contributed by atoms with E-state index in [0.29, 0.717) is 12.3 Å². The standard InChI is InChI=1S/C49H89NO3/c1-5-9-12-15-18-21-22-23-24-25-26-27-28-31-36-41-46(8-4)47(42-37-32-33-38-43-48(51)52)49(53)50(44-39-34-29-19-16-13-10-6-2)45-40-35-30-20-17-14-11-7-3/h46-47H,5-38,41-43H2,1-4H3,(H,51,52). The molecular weight excluding hydrogens is 651 g/mol. The Bertz CT molecular complexity index is 903. The minimum absolute atomic E-state index is 0.0715. The average Bonchev–Trinajstić information content (AvgIpc) is 3.15. The van der Waals surface area contributed by atoms with Crippen molar-refractivity contribution in [1.82, 2.24) is 4.90 Å². The normalized spacial score (nSPS) is 12.1. The van der Waals surface area contributed by atoms with Gasteiger partial charge >= 0.3 is 5.97 Å². The molecule has 0 aliphatic carbocycles. The summed E-state index contributed by atoms with van der Waals surface area (Å²) in [4.78, 5) is 26.9. The maximum absolute atomic E-state index is 14.3. The van der Waals surface area contributed by atoms with Crippen LogP contribution in [0.25, 0.3) is 0 Å². The number of carboxylic acid groups (broad SMARTS) is 1. The molecule has 1 N–H and O–H groups in total. The van der Waals surface area contributed by atoms with E-state index in [1.807, 2.05) is 0 Å². The molecule has 0 saturated heterocycles. The van der Waals surface area contributed by atoms with Crippen molar-refractivity contribution in [3.8, 4) is 23.9 Å². The monoisotopic (exact) mass is 740 g/mol. The first-order chi connectivity index (χ1) is 26.0. The first-order valence-corrected chi connectivity index (χ1v) is 23.5. The fraction of sp³-hybridized carbons (Fsp3) is 0.878. The van der Waals surface area contributed by atoms with Crippen LogP contribution in [0.15, 0.2) is 0 Å². The van der Waals surface area contributed by atoms with E-state index in [1.165, 1.54) is 161 Å². The zero-order valence-corrected chi connectivity index (χ0v) is 36.0. The van der Waals surface area contributed by atoms with Crippen molar-refractivity contribution in [3.05, 3.63) is 0 Å². The van der Waals surface area contributed by atoms with E-state index in [0.717, 1.165) is 64.2 Å². The van der Waals surface area contributed by atoms with E-state index in [1.54, 1.807) is 4.90 Å². The molecular formula is C49H89NO3. The first kappa shape index (κ1) is 51.1. The van der Waals surface area contributed by atoms with Gasteiger partial charge < -0.3 is 5.11 Å². The van der Waals surface area contributed by atoms with Gasteiger partial charge in [-0.2, -0.15) is 4.90 Å². The van der Waals surface area contributed by atoms with Crippen molar-refractivity contribution in [1.29, 1.82) is 0 Å².